The molecule has 0 fully saturated rings. The van der Waals surface area contributed by atoms with Crippen LogP contribution in [-0.2, 0) is 21.6 Å². The molecule has 0 atom stereocenters. The predicted octanol–water partition coefficient (Wildman–Crippen LogP) is 1.86. The number of fused-ring (bicyclic) bond motifs is 1. The van der Waals surface area contributed by atoms with E-state index in [4.69, 9.17) is 4.74 Å². The summed E-state index contributed by atoms with van der Waals surface area (Å²) in [5.74, 6) is 1.84. The van der Waals surface area contributed by atoms with Gasteiger partial charge in [-0.05, 0) is 29.7 Å². The van der Waals surface area contributed by atoms with E-state index in [1.165, 1.54) is 44.6 Å². The molecule has 4 nitrogen and oxygen atoms in total. The maximum absolute atomic E-state index is 11.5. The first-order chi connectivity index (χ1) is 11.5. The maximum atomic E-state index is 11.5. The SMILES string of the molecule is CCCCCCCCCCOc1cc2c(cc1S(=O)(=O)[O-])CSC2.[Na+]. The van der Waals surface area contributed by atoms with Gasteiger partial charge >= 0.3 is 29.6 Å². The molecule has 0 unspecified atom stereocenters. The van der Waals surface area contributed by atoms with Crippen molar-refractivity contribution >= 4 is 21.9 Å². The molecule has 0 aromatic heterocycles. The molecule has 0 amide bonds. The Labute approximate surface area is 178 Å². The number of hydrogen-bond donors (Lipinski definition) is 0. The average Bonchev–Trinajstić information content (AvgIpc) is 2.99. The van der Waals surface area contributed by atoms with Crippen molar-refractivity contribution in [1.29, 1.82) is 0 Å². The fraction of sp³-hybridized carbons (Fsp3) is 0.667. The molecule has 136 valence electrons. The molecule has 0 N–H and O–H groups in total. The van der Waals surface area contributed by atoms with Gasteiger partial charge in [0.05, 0.1) is 11.5 Å². The molecule has 0 radical (unpaired) electrons. The van der Waals surface area contributed by atoms with Crippen LogP contribution in [0.4, 0.5) is 0 Å². The zero-order chi connectivity index (χ0) is 17.4. The Morgan fingerprint density at radius 2 is 1.56 bits per heavy atom. The quantitative estimate of drug-likeness (QED) is 0.326. The average molecular weight is 395 g/mol. The van der Waals surface area contributed by atoms with E-state index in [1.807, 2.05) is 0 Å². The summed E-state index contributed by atoms with van der Waals surface area (Å²) in [7, 11) is -4.50. The van der Waals surface area contributed by atoms with Gasteiger partial charge in [-0.25, -0.2) is 8.42 Å². The molecule has 25 heavy (non-hydrogen) atoms. The summed E-state index contributed by atoms with van der Waals surface area (Å²) in [5, 5.41) is 0. The molecule has 0 saturated heterocycles. The number of thioether (sulfide) groups is 1. The molecule has 1 aromatic rings. The summed E-state index contributed by atoms with van der Waals surface area (Å²) in [4.78, 5) is -0.205. The second kappa shape index (κ2) is 11.9. The molecular formula is C18H27NaO4S2. The predicted molar refractivity (Wildman–Crippen MR) is 97.5 cm³/mol. The van der Waals surface area contributed by atoms with Crippen molar-refractivity contribution in [1.82, 2.24) is 0 Å². The van der Waals surface area contributed by atoms with Crippen molar-refractivity contribution in [2.45, 2.75) is 74.7 Å². The van der Waals surface area contributed by atoms with Crippen LogP contribution in [0, 0.1) is 0 Å². The molecule has 0 saturated carbocycles. The molecule has 0 spiro atoms. The van der Waals surface area contributed by atoms with Gasteiger partial charge in [0.15, 0.2) is 0 Å². The Balaban J connectivity index is 0.00000312. The van der Waals surface area contributed by atoms with E-state index >= 15 is 0 Å². The third-order valence-corrected chi connectivity index (χ3v) is 6.19. The zero-order valence-corrected chi connectivity index (χ0v) is 19.0. The van der Waals surface area contributed by atoms with Gasteiger partial charge in [-0.1, -0.05) is 51.9 Å². The van der Waals surface area contributed by atoms with Crippen LogP contribution in [0.3, 0.4) is 0 Å². The van der Waals surface area contributed by atoms with Crippen LogP contribution < -0.4 is 34.3 Å². The van der Waals surface area contributed by atoms with Gasteiger partial charge in [0.25, 0.3) is 0 Å². The van der Waals surface area contributed by atoms with E-state index in [0.717, 1.165) is 35.5 Å². The molecule has 1 aromatic carbocycles. The topological polar surface area (TPSA) is 66.4 Å². The fourth-order valence-corrected chi connectivity index (χ4v) is 4.64. The molecule has 7 heteroatoms. The van der Waals surface area contributed by atoms with Crippen molar-refractivity contribution in [3.63, 3.8) is 0 Å². The fourth-order valence-electron chi connectivity index (χ4n) is 2.91. The Morgan fingerprint density at radius 1 is 1.00 bits per heavy atom. The first kappa shape index (κ1) is 23.3. The number of ether oxygens (including phenoxy) is 1. The van der Waals surface area contributed by atoms with Crippen LogP contribution in [0.25, 0.3) is 0 Å². The van der Waals surface area contributed by atoms with Crippen LogP contribution in [0.2, 0.25) is 0 Å². The summed E-state index contributed by atoms with van der Waals surface area (Å²) in [5.41, 5.74) is 2.02. The first-order valence-corrected chi connectivity index (χ1v) is 11.4. The van der Waals surface area contributed by atoms with Gasteiger partial charge in [-0.3, -0.25) is 0 Å². The van der Waals surface area contributed by atoms with Crippen molar-refractivity contribution < 1.29 is 47.3 Å². The third-order valence-electron chi connectivity index (χ3n) is 4.31. The van der Waals surface area contributed by atoms with Gasteiger partial charge in [0.2, 0.25) is 0 Å². The second-order valence-electron chi connectivity index (χ2n) is 6.34. The van der Waals surface area contributed by atoms with Gasteiger partial charge < -0.3 is 9.29 Å². The molecule has 0 bridgehead atoms. The third kappa shape index (κ3) is 7.81. The molecule has 0 aliphatic carbocycles. The van der Waals surface area contributed by atoms with E-state index in [-0.39, 0.29) is 40.2 Å². The van der Waals surface area contributed by atoms with Crippen molar-refractivity contribution in [3.8, 4) is 5.75 Å². The Morgan fingerprint density at radius 3 is 2.16 bits per heavy atom. The number of benzene rings is 1. The summed E-state index contributed by atoms with van der Waals surface area (Å²) < 4.78 is 40.1. The minimum Gasteiger partial charge on any atom is -0.744 e. The summed E-state index contributed by atoms with van der Waals surface area (Å²) >= 11 is 1.72. The maximum Gasteiger partial charge on any atom is 1.00 e. The second-order valence-corrected chi connectivity index (χ2v) is 8.67. The molecule has 1 heterocycles. The Hall–Kier alpha value is 0.280. The molecular weight excluding hydrogens is 367 g/mol. The van der Waals surface area contributed by atoms with Gasteiger partial charge in [0.1, 0.15) is 15.9 Å². The monoisotopic (exact) mass is 394 g/mol. The molecule has 1 aliphatic heterocycles. The summed E-state index contributed by atoms with van der Waals surface area (Å²) in [6.07, 6.45) is 9.56. The minimum absolute atomic E-state index is 0. The first-order valence-electron chi connectivity index (χ1n) is 8.84. The molecule has 1 aliphatic rings. The van der Waals surface area contributed by atoms with E-state index in [9.17, 15) is 13.0 Å². The van der Waals surface area contributed by atoms with Gasteiger partial charge in [-0.15, -0.1) is 0 Å². The van der Waals surface area contributed by atoms with Crippen LogP contribution in [-0.4, -0.2) is 19.6 Å². The van der Waals surface area contributed by atoms with E-state index in [0.29, 0.717) is 6.61 Å². The van der Waals surface area contributed by atoms with Gasteiger partial charge in [0, 0.05) is 11.5 Å². The number of unbranched alkanes of at least 4 members (excludes halogenated alkanes) is 7. The normalized spacial score (nSPS) is 13.4. The van der Waals surface area contributed by atoms with Crippen molar-refractivity contribution in [3.05, 3.63) is 23.3 Å². The van der Waals surface area contributed by atoms with Crippen LogP contribution >= 0.6 is 11.8 Å². The van der Waals surface area contributed by atoms with Gasteiger partial charge in [-0.2, -0.15) is 11.8 Å². The van der Waals surface area contributed by atoms with Crippen molar-refractivity contribution in [2.75, 3.05) is 6.61 Å². The van der Waals surface area contributed by atoms with Crippen LogP contribution in [0.5, 0.6) is 5.75 Å². The molecule has 2 rings (SSSR count). The zero-order valence-electron chi connectivity index (χ0n) is 15.4. The Kier molecular flexibility index (Phi) is 11.1. The smallest absolute Gasteiger partial charge is 0.744 e. The largest absolute Gasteiger partial charge is 1.00 e. The van der Waals surface area contributed by atoms with Crippen LogP contribution in [0.1, 0.15) is 69.4 Å². The van der Waals surface area contributed by atoms with E-state index in [2.05, 4.69) is 6.92 Å². The van der Waals surface area contributed by atoms with E-state index in [1.54, 1.807) is 17.8 Å². The summed E-state index contributed by atoms with van der Waals surface area (Å²) in [6.45, 7) is 2.68. The van der Waals surface area contributed by atoms with E-state index < -0.39 is 10.1 Å². The Bertz CT molecular complexity index is 632. The summed E-state index contributed by atoms with van der Waals surface area (Å²) in [6, 6.07) is 3.24. The van der Waals surface area contributed by atoms with Crippen molar-refractivity contribution in [2.24, 2.45) is 0 Å². The number of hydrogen-bond acceptors (Lipinski definition) is 5. The number of rotatable bonds is 11. The van der Waals surface area contributed by atoms with Crippen LogP contribution in [0.15, 0.2) is 17.0 Å². The minimum atomic E-state index is -4.50. The standard InChI is InChI=1S/C18H28O4S2.Na/c1-2-3-4-5-6-7-8-9-10-22-17-11-15-13-23-14-16(15)12-18(17)24(19,20)21;/h11-12H,2-10,13-14H2,1H3,(H,19,20,21);/q;+1/p-1.